The number of nitrogens with one attached hydrogen (secondary N) is 3. The van der Waals surface area contributed by atoms with E-state index in [0.29, 0.717) is 28.6 Å². The van der Waals surface area contributed by atoms with Gasteiger partial charge in [0.25, 0.3) is 5.91 Å². The number of hydrogen-bond acceptors (Lipinski definition) is 3. The van der Waals surface area contributed by atoms with Crippen LogP contribution in [0.4, 0.5) is 17.3 Å². The SMILES string of the molecule is Nc1[nH+]c(NCc2ccc3ccccc3c2)ccc1NC(=O)c1ccc(Cl)cc1.[Cl-]. The number of amides is 1. The van der Waals surface area contributed by atoms with Crippen molar-refractivity contribution in [3.8, 4) is 0 Å². The number of anilines is 3. The molecule has 0 unspecified atom stereocenters. The molecular formula is C23H20Cl2N4O. The molecule has 0 saturated carbocycles. The van der Waals surface area contributed by atoms with Gasteiger partial charge >= 0.3 is 0 Å². The highest BCUT2D eigenvalue weighted by Crippen LogP contribution is 2.19. The second-order valence-electron chi connectivity index (χ2n) is 6.70. The predicted molar refractivity (Wildman–Crippen MR) is 118 cm³/mol. The number of hydrogen-bond donors (Lipinski definition) is 3. The highest BCUT2D eigenvalue weighted by molar-refractivity contribution is 6.30. The molecule has 0 aliphatic rings. The van der Waals surface area contributed by atoms with E-state index in [0.717, 1.165) is 11.4 Å². The summed E-state index contributed by atoms with van der Waals surface area (Å²) in [4.78, 5) is 15.4. The number of nitrogens with two attached hydrogens (primary N) is 1. The third-order valence-corrected chi connectivity index (χ3v) is 4.88. The monoisotopic (exact) mass is 438 g/mol. The van der Waals surface area contributed by atoms with Crippen LogP contribution < -0.4 is 33.8 Å². The molecule has 4 rings (SSSR count). The molecule has 152 valence electrons. The van der Waals surface area contributed by atoms with Gasteiger partial charge in [-0.2, -0.15) is 0 Å². The predicted octanol–water partition coefficient (Wildman–Crippen LogP) is 1.76. The van der Waals surface area contributed by atoms with Crippen molar-refractivity contribution in [2.45, 2.75) is 6.54 Å². The van der Waals surface area contributed by atoms with Crippen molar-refractivity contribution < 1.29 is 22.2 Å². The third kappa shape index (κ3) is 5.00. The van der Waals surface area contributed by atoms with Gasteiger partial charge in [0.15, 0.2) is 0 Å². The number of carbonyl (C=O) groups excluding carboxylic acids is 1. The number of rotatable bonds is 5. The third-order valence-electron chi connectivity index (χ3n) is 4.63. The van der Waals surface area contributed by atoms with Gasteiger partial charge in [-0.25, -0.2) is 4.98 Å². The van der Waals surface area contributed by atoms with Gasteiger partial charge in [-0.3, -0.25) is 4.79 Å². The topological polar surface area (TPSA) is 81.3 Å². The van der Waals surface area contributed by atoms with Crippen LogP contribution in [0.15, 0.2) is 78.9 Å². The van der Waals surface area contributed by atoms with Crippen molar-refractivity contribution in [3.63, 3.8) is 0 Å². The van der Waals surface area contributed by atoms with E-state index in [1.165, 1.54) is 10.8 Å². The van der Waals surface area contributed by atoms with Gasteiger partial charge in [-0.05, 0) is 52.7 Å². The zero-order chi connectivity index (χ0) is 20.2. The Kier molecular flexibility index (Phi) is 6.77. The maximum absolute atomic E-state index is 12.3. The second-order valence-corrected chi connectivity index (χ2v) is 7.13. The summed E-state index contributed by atoms with van der Waals surface area (Å²) in [6.45, 7) is 0.650. The minimum atomic E-state index is -0.251. The Bertz CT molecular complexity index is 1180. The Morgan fingerprint density at radius 2 is 1.67 bits per heavy atom. The lowest BCUT2D eigenvalue weighted by molar-refractivity contribution is -0.342. The Hall–Kier alpha value is -3.28. The number of aromatic amines is 1. The molecule has 0 spiro atoms. The summed E-state index contributed by atoms with van der Waals surface area (Å²) in [5.74, 6) is 0.884. The number of carbonyl (C=O) groups is 1. The zero-order valence-corrected chi connectivity index (χ0v) is 17.5. The minimum Gasteiger partial charge on any atom is -1.00 e. The van der Waals surface area contributed by atoms with Crippen molar-refractivity contribution in [3.05, 3.63) is 95.0 Å². The molecule has 4 aromatic rings. The van der Waals surface area contributed by atoms with Crippen molar-refractivity contribution in [2.75, 3.05) is 16.4 Å². The molecule has 30 heavy (non-hydrogen) atoms. The van der Waals surface area contributed by atoms with Crippen molar-refractivity contribution in [2.24, 2.45) is 0 Å². The number of nitrogen functional groups attached to an aromatic ring is 1. The first kappa shape index (κ1) is 21.4. The number of benzene rings is 3. The molecule has 1 amide bonds. The summed E-state index contributed by atoms with van der Waals surface area (Å²) < 4.78 is 0. The number of halogens is 2. The van der Waals surface area contributed by atoms with Gasteiger partial charge in [0, 0.05) is 16.7 Å². The molecule has 0 aliphatic heterocycles. The van der Waals surface area contributed by atoms with Crippen LogP contribution in [-0.4, -0.2) is 5.91 Å². The van der Waals surface area contributed by atoms with Gasteiger partial charge in [-0.15, -0.1) is 0 Å². The van der Waals surface area contributed by atoms with E-state index in [1.807, 2.05) is 18.2 Å². The number of pyridine rings is 1. The molecule has 5 nitrogen and oxygen atoms in total. The quantitative estimate of drug-likeness (QED) is 0.443. The lowest BCUT2D eigenvalue weighted by Gasteiger charge is -2.08. The molecule has 0 radical (unpaired) electrons. The van der Waals surface area contributed by atoms with Gasteiger partial charge in [-0.1, -0.05) is 48.0 Å². The Morgan fingerprint density at radius 3 is 2.40 bits per heavy atom. The highest BCUT2D eigenvalue weighted by atomic mass is 35.5. The Balaban J connectivity index is 0.00000256. The van der Waals surface area contributed by atoms with Gasteiger partial charge < -0.3 is 28.8 Å². The summed E-state index contributed by atoms with van der Waals surface area (Å²) in [6.07, 6.45) is 0. The van der Waals surface area contributed by atoms with E-state index in [9.17, 15) is 4.79 Å². The average Bonchev–Trinajstić information content (AvgIpc) is 2.74. The second kappa shape index (κ2) is 9.48. The van der Waals surface area contributed by atoms with Gasteiger partial charge in [0.1, 0.15) is 5.69 Å². The molecule has 1 aromatic heterocycles. The van der Waals surface area contributed by atoms with Crippen LogP contribution in [0, 0.1) is 0 Å². The van der Waals surface area contributed by atoms with Crippen molar-refractivity contribution >= 4 is 45.6 Å². The molecule has 0 bridgehead atoms. The van der Waals surface area contributed by atoms with Crippen LogP contribution in [0.2, 0.25) is 5.02 Å². The van der Waals surface area contributed by atoms with Crippen molar-refractivity contribution in [1.82, 2.24) is 0 Å². The normalized spacial score (nSPS) is 10.3. The fourth-order valence-electron chi connectivity index (χ4n) is 3.06. The van der Waals surface area contributed by atoms with Crippen LogP contribution in [0.1, 0.15) is 15.9 Å². The van der Waals surface area contributed by atoms with Gasteiger partial charge in [0.2, 0.25) is 11.6 Å². The summed E-state index contributed by atoms with van der Waals surface area (Å²) in [5.41, 5.74) is 8.27. The highest BCUT2D eigenvalue weighted by Gasteiger charge is 2.12. The lowest BCUT2D eigenvalue weighted by Crippen LogP contribution is -3.00. The molecule has 0 atom stereocenters. The van der Waals surface area contributed by atoms with E-state index < -0.39 is 0 Å². The first-order chi connectivity index (χ1) is 14.1. The molecular weight excluding hydrogens is 419 g/mol. The molecule has 0 saturated heterocycles. The van der Waals surface area contributed by atoms with E-state index >= 15 is 0 Å². The van der Waals surface area contributed by atoms with E-state index in [-0.39, 0.29) is 18.3 Å². The smallest absolute Gasteiger partial charge is 0.255 e. The fourth-order valence-corrected chi connectivity index (χ4v) is 3.19. The molecule has 5 N–H and O–H groups in total. The Labute approximate surface area is 185 Å². The number of fused-ring (bicyclic) bond motifs is 1. The summed E-state index contributed by atoms with van der Waals surface area (Å²) >= 11 is 5.86. The minimum absolute atomic E-state index is 0. The Morgan fingerprint density at radius 1 is 0.933 bits per heavy atom. The van der Waals surface area contributed by atoms with Crippen molar-refractivity contribution in [1.29, 1.82) is 0 Å². The molecule has 7 heteroatoms. The summed E-state index contributed by atoms with van der Waals surface area (Å²) in [7, 11) is 0. The van der Waals surface area contributed by atoms with E-state index in [2.05, 4.69) is 45.9 Å². The standard InChI is InChI=1S/C23H19ClN4O.ClH/c24-19-9-7-17(8-10-19)23(29)27-20-11-12-21(28-22(20)25)26-14-15-5-6-16-3-1-2-4-18(16)13-15;/h1-13H,14H2,(H,27,29)(H3,25,26,28);1H. The first-order valence-electron chi connectivity index (χ1n) is 9.19. The lowest BCUT2D eigenvalue weighted by atomic mass is 10.1. The molecule has 0 fully saturated rings. The molecule has 1 heterocycles. The molecule has 0 aliphatic carbocycles. The molecule has 3 aromatic carbocycles. The number of aromatic nitrogens is 1. The van der Waals surface area contributed by atoms with Crippen LogP contribution in [-0.2, 0) is 6.54 Å². The van der Waals surface area contributed by atoms with E-state index in [1.54, 1.807) is 30.3 Å². The largest absolute Gasteiger partial charge is 1.00 e. The fraction of sp³-hybridized carbons (Fsp3) is 0.0435. The van der Waals surface area contributed by atoms with Crippen LogP contribution in [0.25, 0.3) is 10.8 Å². The maximum Gasteiger partial charge on any atom is 0.255 e. The van der Waals surface area contributed by atoms with Crippen LogP contribution >= 0.6 is 11.6 Å². The van der Waals surface area contributed by atoms with E-state index in [4.69, 9.17) is 17.3 Å². The number of H-pyrrole nitrogens is 1. The zero-order valence-electron chi connectivity index (χ0n) is 16.0. The van der Waals surface area contributed by atoms with Crippen LogP contribution in [0.3, 0.4) is 0 Å². The average molecular weight is 439 g/mol. The maximum atomic E-state index is 12.3. The summed E-state index contributed by atoms with van der Waals surface area (Å²) in [6, 6.07) is 24.9. The van der Waals surface area contributed by atoms with Gasteiger partial charge in [0.05, 0.1) is 6.54 Å². The summed E-state index contributed by atoms with van der Waals surface area (Å²) in [5, 5.41) is 9.12. The van der Waals surface area contributed by atoms with Crippen LogP contribution in [0.5, 0.6) is 0 Å². The first-order valence-corrected chi connectivity index (χ1v) is 9.56.